The van der Waals surface area contributed by atoms with E-state index in [-0.39, 0.29) is 37.4 Å². The molecule has 1 saturated heterocycles. The number of furan rings is 1. The van der Waals surface area contributed by atoms with Crippen LogP contribution in [0.25, 0.3) is 0 Å². The van der Waals surface area contributed by atoms with Crippen LogP contribution in [0, 0.1) is 12.7 Å². The molecule has 0 radical (unpaired) electrons. The Hall–Kier alpha value is -2.91. The summed E-state index contributed by atoms with van der Waals surface area (Å²) in [5, 5.41) is 0. The van der Waals surface area contributed by atoms with Gasteiger partial charge in [0.1, 0.15) is 23.9 Å². The fraction of sp³-hybridized carbons (Fsp3) is 0.500. The molecule has 33 heavy (non-hydrogen) atoms. The maximum Gasteiger partial charge on any atom is 0.319 e. The minimum Gasteiger partial charge on any atom is -0.464 e. The molecule has 0 saturated carbocycles. The van der Waals surface area contributed by atoms with E-state index in [0.29, 0.717) is 32.1 Å². The van der Waals surface area contributed by atoms with Crippen LogP contribution in [0.15, 0.2) is 40.8 Å². The molecule has 8 nitrogen and oxygen atoms in total. The van der Waals surface area contributed by atoms with Gasteiger partial charge in [0, 0.05) is 46.8 Å². The van der Waals surface area contributed by atoms with Crippen LogP contribution in [0.4, 0.5) is 9.18 Å². The van der Waals surface area contributed by atoms with Crippen molar-refractivity contribution < 1.29 is 23.1 Å². The lowest BCUT2D eigenvalue weighted by atomic mass is 10.2. The second-order valence-corrected chi connectivity index (χ2v) is 8.44. The number of urea groups is 1. The van der Waals surface area contributed by atoms with Gasteiger partial charge in [0.2, 0.25) is 5.91 Å². The first-order chi connectivity index (χ1) is 15.8. The molecule has 0 aliphatic carbocycles. The number of halogens is 1. The van der Waals surface area contributed by atoms with Crippen LogP contribution in [0.1, 0.15) is 17.1 Å². The number of nitrogens with zero attached hydrogens (tertiary/aromatic N) is 4. The van der Waals surface area contributed by atoms with Crippen LogP contribution < -0.4 is 0 Å². The van der Waals surface area contributed by atoms with Crippen molar-refractivity contribution >= 4 is 11.9 Å². The van der Waals surface area contributed by atoms with E-state index in [1.807, 2.05) is 19.1 Å². The Bertz CT molecular complexity index is 909. The summed E-state index contributed by atoms with van der Waals surface area (Å²) < 4.78 is 24.4. The van der Waals surface area contributed by atoms with Gasteiger partial charge in [-0.1, -0.05) is 12.1 Å². The largest absolute Gasteiger partial charge is 0.464 e. The van der Waals surface area contributed by atoms with Crippen molar-refractivity contribution in [3.63, 3.8) is 0 Å². The average molecular weight is 461 g/mol. The van der Waals surface area contributed by atoms with Gasteiger partial charge in [-0.05, 0) is 36.8 Å². The van der Waals surface area contributed by atoms with Crippen LogP contribution >= 0.6 is 0 Å². The van der Waals surface area contributed by atoms with Crippen LogP contribution in [0.3, 0.4) is 0 Å². The van der Waals surface area contributed by atoms with Crippen LogP contribution in [-0.4, -0.2) is 91.6 Å². The lowest BCUT2D eigenvalue weighted by molar-refractivity contribution is -0.133. The van der Waals surface area contributed by atoms with Gasteiger partial charge >= 0.3 is 6.03 Å². The molecule has 0 unspecified atom stereocenters. The van der Waals surface area contributed by atoms with E-state index in [0.717, 1.165) is 24.4 Å². The van der Waals surface area contributed by atoms with Crippen LogP contribution in [-0.2, 0) is 22.6 Å². The quantitative estimate of drug-likeness (QED) is 0.575. The van der Waals surface area contributed by atoms with E-state index in [1.54, 1.807) is 36.0 Å². The zero-order chi connectivity index (χ0) is 23.8. The number of ether oxygens (including phenoxy) is 1. The number of hydrogen-bond donors (Lipinski definition) is 0. The number of aryl methyl sites for hydroxylation is 1. The summed E-state index contributed by atoms with van der Waals surface area (Å²) in [6, 6.07) is 9.53. The molecule has 1 aromatic heterocycles. The number of benzene rings is 1. The molecule has 1 aliphatic heterocycles. The van der Waals surface area contributed by atoms with Crippen molar-refractivity contribution in [2.75, 3.05) is 60.0 Å². The second-order valence-electron chi connectivity index (χ2n) is 8.44. The van der Waals surface area contributed by atoms with E-state index in [9.17, 15) is 14.0 Å². The molecular formula is C24H33FN4O4. The van der Waals surface area contributed by atoms with Gasteiger partial charge in [-0.15, -0.1) is 0 Å². The third-order valence-electron chi connectivity index (χ3n) is 5.55. The standard InChI is InChI=1S/C24H33FN4O4/c1-19-4-9-22(33-19)17-29(16-20-5-7-21(25)8-6-20)23(30)18-28(24(31)26(2)3)11-10-27-12-14-32-15-13-27/h4-9H,10-18H2,1-3H3. The Morgan fingerprint density at radius 1 is 1.00 bits per heavy atom. The molecule has 1 fully saturated rings. The summed E-state index contributed by atoms with van der Waals surface area (Å²) in [6.45, 7) is 6.42. The summed E-state index contributed by atoms with van der Waals surface area (Å²) in [5.74, 6) is 0.880. The second kappa shape index (κ2) is 11.8. The van der Waals surface area contributed by atoms with Gasteiger partial charge in [0.25, 0.3) is 0 Å². The molecule has 0 atom stereocenters. The highest BCUT2D eigenvalue weighted by molar-refractivity contribution is 5.84. The highest BCUT2D eigenvalue weighted by Crippen LogP contribution is 2.14. The minimum atomic E-state index is -0.329. The third-order valence-corrected chi connectivity index (χ3v) is 5.55. The first-order valence-corrected chi connectivity index (χ1v) is 11.2. The van der Waals surface area contributed by atoms with E-state index in [4.69, 9.17) is 9.15 Å². The van der Waals surface area contributed by atoms with Crippen molar-refractivity contribution in [3.8, 4) is 0 Å². The van der Waals surface area contributed by atoms with Gasteiger partial charge in [0.15, 0.2) is 0 Å². The summed E-state index contributed by atoms with van der Waals surface area (Å²) in [7, 11) is 3.35. The minimum absolute atomic E-state index is 0.0533. The van der Waals surface area contributed by atoms with Crippen LogP contribution in [0.2, 0.25) is 0 Å². The molecule has 9 heteroatoms. The molecule has 1 aliphatic rings. The first kappa shape index (κ1) is 24.7. The van der Waals surface area contributed by atoms with Crippen LogP contribution in [0.5, 0.6) is 0 Å². The van der Waals surface area contributed by atoms with Crippen molar-refractivity contribution in [3.05, 3.63) is 59.3 Å². The van der Waals surface area contributed by atoms with Gasteiger partial charge < -0.3 is 23.9 Å². The zero-order valence-corrected chi connectivity index (χ0v) is 19.6. The van der Waals surface area contributed by atoms with Crippen molar-refractivity contribution in [1.82, 2.24) is 19.6 Å². The summed E-state index contributed by atoms with van der Waals surface area (Å²) in [4.78, 5) is 33.1. The van der Waals surface area contributed by atoms with E-state index in [2.05, 4.69) is 4.90 Å². The summed E-state index contributed by atoms with van der Waals surface area (Å²) in [5.41, 5.74) is 0.798. The molecule has 0 bridgehead atoms. The number of rotatable bonds is 9. The Labute approximate surface area is 194 Å². The Morgan fingerprint density at radius 2 is 1.70 bits per heavy atom. The van der Waals surface area contributed by atoms with Crippen molar-refractivity contribution in [1.29, 1.82) is 0 Å². The molecule has 0 spiro atoms. The SMILES string of the molecule is Cc1ccc(CN(Cc2ccc(F)cc2)C(=O)CN(CCN2CCOCC2)C(=O)N(C)C)o1. The molecule has 0 N–H and O–H groups in total. The molecule has 3 amide bonds. The van der Waals surface area contributed by atoms with Gasteiger partial charge in [0.05, 0.1) is 19.8 Å². The van der Waals surface area contributed by atoms with Gasteiger partial charge in [-0.25, -0.2) is 9.18 Å². The summed E-state index contributed by atoms with van der Waals surface area (Å²) in [6.07, 6.45) is 0. The lowest BCUT2D eigenvalue weighted by Gasteiger charge is -2.32. The number of carbonyl (C=O) groups excluding carboxylic acids is 2. The number of carbonyl (C=O) groups is 2. The van der Waals surface area contributed by atoms with Crippen molar-refractivity contribution in [2.45, 2.75) is 20.0 Å². The molecule has 180 valence electrons. The fourth-order valence-electron chi connectivity index (χ4n) is 3.68. The van der Waals surface area contributed by atoms with Crippen molar-refractivity contribution in [2.24, 2.45) is 0 Å². The van der Waals surface area contributed by atoms with Gasteiger partial charge in [-0.3, -0.25) is 9.69 Å². The van der Waals surface area contributed by atoms with Gasteiger partial charge in [-0.2, -0.15) is 0 Å². The third kappa shape index (κ3) is 7.57. The topological polar surface area (TPSA) is 69.5 Å². The Morgan fingerprint density at radius 3 is 2.30 bits per heavy atom. The predicted octanol–water partition coefficient (Wildman–Crippen LogP) is 2.57. The molecule has 1 aromatic carbocycles. The summed E-state index contributed by atoms with van der Waals surface area (Å²) >= 11 is 0. The maximum absolute atomic E-state index is 13.4. The lowest BCUT2D eigenvalue weighted by Crippen LogP contribution is -2.49. The molecular weight excluding hydrogens is 427 g/mol. The molecule has 3 rings (SSSR count). The normalized spacial score (nSPS) is 14.2. The average Bonchev–Trinajstić information content (AvgIpc) is 3.22. The highest BCUT2D eigenvalue weighted by Gasteiger charge is 2.24. The number of amides is 3. The number of hydrogen-bond acceptors (Lipinski definition) is 5. The fourth-order valence-corrected chi connectivity index (χ4v) is 3.68. The maximum atomic E-state index is 13.4. The molecule has 2 heterocycles. The zero-order valence-electron chi connectivity index (χ0n) is 19.6. The number of morpholine rings is 1. The Balaban J connectivity index is 1.72. The van der Waals surface area contributed by atoms with E-state index in [1.165, 1.54) is 17.0 Å². The van der Waals surface area contributed by atoms with E-state index >= 15 is 0 Å². The smallest absolute Gasteiger partial charge is 0.319 e. The molecule has 2 aromatic rings. The van der Waals surface area contributed by atoms with E-state index < -0.39 is 0 Å². The highest BCUT2D eigenvalue weighted by atomic mass is 19.1. The Kier molecular flexibility index (Phi) is 8.85. The predicted molar refractivity (Wildman–Crippen MR) is 122 cm³/mol. The monoisotopic (exact) mass is 460 g/mol. The first-order valence-electron chi connectivity index (χ1n) is 11.2.